The van der Waals surface area contributed by atoms with Crippen LogP contribution in [0.2, 0.25) is 0 Å². The van der Waals surface area contributed by atoms with Gasteiger partial charge in [-0.1, -0.05) is 72.8 Å². The summed E-state index contributed by atoms with van der Waals surface area (Å²) < 4.78 is 5.84. The van der Waals surface area contributed by atoms with Crippen molar-refractivity contribution in [3.8, 4) is 11.1 Å². The molecule has 1 unspecified atom stereocenters. The van der Waals surface area contributed by atoms with Crippen LogP contribution in [-0.4, -0.2) is 29.3 Å². The number of aliphatic hydroxyl groups excluding tert-OH is 1. The standard InChI is InChI=1S/C25H23NO3/c27-14-13-24-18-8-2-1-7-17(18)15-26(24)25(28)29-16-23-21-11-5-3-9-19(21)20-10-4-6-12-22(20)23/h1-12,23-24,27H,13-16H2. The second-order valence-electron chi connectivity index (χ2n) is 7.66. The van der Waals surface area contributed by atoms with Crippen molar-refractivity contribution in [2.24, 2.45) is 0 Å². The van der Waals surface area contributed by atoms with E-state index in [0.29, 0.717) is 19.6 Å². The molecular weight excluding hydrogens is 362 g/mol. The zero-order valence-electron chi connectivity index (χ0n) is 16.1. The molecule has 1 heterocycles. The monoisotopic (exact) mass is 385 g/mol. The molecule has 0 bridgehead atoms. The third kappa shape index (κ3) is 3.00. The number of carbonyl (C=O) groups is 1. The summed E-state index contributed by atoms with van der Waals surface area (Å²) in [6.07, 6.45) is 0.197. The number of rotatable bonds is 4. The maximum atomic E-state index is 13.0. The van der Waals surface area contributed by atoms with Crippen molar-refractivity contribution >= 4 is 6.09 Å². The van der Waals surface area contributed by atoms with Crippen LogP contribution in [0.25, 0.3) is 11.1 Å². The van der Waals surface area contributed by atoms with Crippen LogP contribution in [0.1, 0.15) is 40.6 Å². The zero-order chi connectivity index (χ0) is 19.8. The van der Waals surface area contributed by atoms with E-state index in [1.807, 2.05) is 48.5 Å². The van der Waals surface area contributed by atoms with Gasteiger partial charge in [-0.25, -0.2) is 4.79 Å². The molecule has 0 radical (unpaired) electrons. The van der Waals surface area contributed by atoms with Crippen molar-refractivity contribution in [2.75, 3.05) is 13.2 Å². The van der Waals surface area contributed by atoms with Crippen molar-refractivity contribution in [2.45, 2.75) is 24.9 Å². The number of hydrogen-bond donors (Lipinski definition) is 1. The number of benzene rings is 3. The first-order valence-electron chi connectivity index (χ1n) is 10.1. The molecule has 4 heteroatoms. The van der Waals surface area contributed by atoms with E-state index in [9.17, 15) is 9.90 Å². The van der Waals surface area contributed by atoms with Crippen LogP contribution in [-0.2, 0) is 11.3 Å². The Hall–Kier alpha value is -3.11. The first-order chi connectivity index (χ1) is 14.3. The lowest BCUT2D eigenvalue weighted by molar-refractivity contribution is 0.0809. The smallest absolute Gasteiger partial charge is 0.410 e. The quantitative estimate of drug-likeness (QED) is 0.697. The number of fused-ring (bicyclic) bond motifs is 4. The zero-order valence-corrected chi connectivity index (χ0v) is 16.1. The van der Waals surface area contributed by atoms with E-state index in [2.05, 4.69) is 24.3 Å². The van der Waals surface area contributed by atoms with E-state index < -0.39 is 0 Å². The number of aliphatic hydroxyl groups is 1. The van der Waals surface area contributed by atoms with E-state index in [0.717, 1.165) is 11.1 Å². The van der Waals surface area contributed by atoms with Gasteiger partial charge in [-0.05, 0) is 39.8 Å². The van der Waals surface area contributed by atoms with Crippen LogP contribution >= 0.6 is 0 Å². The summed E-state index contributed by atoms with van der Waals surface area (Å²) in [5.74, 6) is 0.0487. The Labute approximate surface area is 170 Å². The highest BCUT2D eigenvalue weighted by atomic mass is 16.6. The molecule has 29 heavy (non-hydrogen) atoms. The highest BCUT2D eigenvalue weighted by Crippen LogP contribution is 2.45. The lowest BCUT2D eigenvalue weighted by atomic mass is 9.98. The van der Waals surface area contributed by atoms with Gasteiger partial charge < -0.3 is 9.84 Å². The minimum atomic E-state index is -0.318. The molecule has 1 atom stereocenters. The Bertz CT molecular complexity index is 1020. The maximum absolute atomic E-state index is 13.0. The van der Waals surface area contributed by atoms with E-state index in [1.165, 1.54) is 22.3 Å². The topological polar surface area (TPSA) is 49.8 Å². The molecule has 4 nitrogen and oxygen atoms in total. The molecule has 0 spiro atoms. The number of hydrogen-bond acceptors (Lipinski definition) is 3. The molecule has 1 N–H and O–H groups in total. The number of ether oxygens (including phenoxy) is 1. The van der Waals surface area contributed by atoms with Crippen LogP contribution in [0.15, 0.2) is 72.8 Å². The summed E-state index contributed by atoms with van der Waals surface area (Å²) >= 11 is 0. The van der Waals surface area contributed by atoms with Gasteiger partial charge in [0, 0.05) is 19.1 Å². The van der Waals surface area contributed by atoms with Crippen molar-refractivity contribution in [3.05, 3.63) is 95.1 Å². The van der Waals surface area contributed by atoms with Gasteiger partial charge in [0.15, 0.2) is 0 Å². The van der Waals surface area contributed by atoms with Gasteiger partial charge in [0.25, 0.3) is 0 Å². The Morgan fingerprint density at radius 1 is 0.897 bits per heavy atom. The molecule has 3 aromatic rings. The summed E-state index contributed by atoms with van der Waals surface area (Å²) in [4.78, 5) is 14.7. The van der Waals surface area contributed by atoms with Gasteiger partial charge in [0.2, 0.25) is 0 Å². The SMILES string of the molecule is O=C(OCC1c2ccccc2-c2ccccc21)N1Cc2ccccc2C1CCO. The molecule has 0 aromatic heterocycles. The van der Waals surface area contributed by atoms with Gasteiger partial charge in [-0.15, -0.1) is 0 Å². The van der Waals surface area contributed by atoms with Gasteiger partial charge in [-0.3, -0.25) is 4.90 Å². The van der Waals surface area contributed by atoms with Crippen molar-refractivity contribution in [1.82, 2.24) is 4.90 Å². The molecule has 5 rings (SSSR count). The predicted molar refractivity (Wildman–Crippen MR) is 111 cm³/mol. The van der Waals surface area contributed by atoms with Gasteiger partial charge in [-0.2, -0.15) is 0 Å². The molecule has 1 aliphatic heterocycles. The molecule has 1 aliphatic carbocycles. The molecule has 3 aromatic carbocycles. The van der Waals surface area contributed by atoms with Crippen LogP contribution in [0.4, 0.5) is 4.79 Å². The fourth-order valence-electron chi connectivity index (χ4n) is 4.77. The third-order valence-electron chi connectivity index (χ3n) is 6.10. The van der Waals surface area contributed by atoms with Crippen molar-refractivity contribution < 1.29 is 14.6 Å². The lowest BCUT2D eigenvalue weighted by Crippen LogP contribution is -2.31. The fraction of sp³-hybridized carbons (Fsp3) is 0.240. The normalized spacial score (nSPS) is 17.0. The highest BCUT2D eigenvalue weighted by molar-refractivity contribution is 5.79. The predicted octanol–water partition coefficient (Wildman–Crippen LogP) is 4.87. The Morgan fingerprint density at radius 3 is 2.14 bits per heavy atom. The van der Waals surface area contributed by atoms with Gasteiger partial charge in [0.1, 0.15) is 6.61 Å². The van der Waals surface area contributed by atoms with Crippen molar-refractivity contribution in [3.63, 3.8) is 0 Å². The van der Waals surface area contributed by atoms with Crippen LogP contribution in [0.3, 0.4) is 0 Å². The molecule has 0 saturated heterocycles. The Kier molecular flexibility index (Phi) is 4.57. The largest absolute Gasteiger partial charge is 0.448 e. The Balaban J connectivity index is 1.36. The van der Waals surface area contributed by atoms with Crippen molar-refractivity contribution in [1.29, 1.82) is 0 Å². The highest BCUT2D eigenvalue weighted by Gasteiger charge is 2.35. The minimum Gasteiger partial charge on any atom is -0.448 e. The Morgan fingerprint density at radius 2 is 1.48 bits per heavy atom. The number of amides is 1. The molecule has 2 aliphatic rings. The summed E-state index contributed by atoms with van der Waals surface area (Å²) in [6, 6.07) is 24.6. The average molecular weight is 385 g/mol. The lowest BCUT2D eigenvalue weighted by Gasteiger charge is -2.25. The first kappa shape index (κ1) is 18.0. The molecule has 1 amide bonds. The molecular formula is C25H23NO3. The number of nitrogens with zero attached hydrogens (tertiary/aromatic N) is 1. The third-order valence-corrected chi connectivity index (χ3v) is 6.10. The van der Waals surface area contributed by atoms with Crippen LogP contribution in [0, 0.1) is 0 Å². The van der Waals surface area contributed by atoms with Crippen LogP contribution < -0.4 is 0 Å². The second-order valence-corrected chi connectivity index (χ2v) is 7.66. The summed E-state index contributed by atoms with van der Waals surface area (Å²) in [7, 11) is 0. The van der Waals surface area contributed by atoms with E-state index in [-0.39, 0.29) is 24.7 Å². The number of carbonyl (C=O) groups excluding carboxylic acids is 1. The molecule has 146 valence electrons. The van der Waals surface area contributed by atoms with Gasteiger partial charge >= 0.3 is 6.09 Å². The first-order valence-corrected chi connectivity index (χ1v) is 10.1. The molecule has 0 saturated carbocycles. The van der Waals surface area contributed by atoms with Crippen LogP contribution in [0.5, 0.6) is 0 Å². The van der Waals surface area contributed by atoms with E-state index in [1.54, 1.807) is 4.90 Å². The minimum absolute atomic E-state index is 0.0339. The molecule has 0 fully saturated rings. The maximum Gasteiger partial charge on any atom is 0.410 e. The average Bonchev–Trinajstić information content (AvgIpc) is 3.29. The summed E-state index contributed by atoms with van der Waals surface area (Å²) in [5.41, 5.74) is 7.08. The summed E-state index contributed by atoms with van der Waals surface area (Å²) in [5, 5.41) is 9.49. The van der Waals surface area contributed by atoms with E-state index in [4.69, 9.17) is 4.74 Å². The summed E-state index contributed by atoms with van der Waals surface area (Å²) in [6.45, 7) is 0.870. The van der Waals surface area contributed by atoms with E-state index >= 15 is 0 Å². The second kappa shape index (κ2) is 7.37. The van der Waals surface area contributed by atoms with Gasteiger partial charge in [0.05, 0.1) is 6.04 Å². The fourth-order valence-corrected chi connectivity index (χ4v) is 4.77.